The Bertz CT molecular complexity index is 343. The summed E-state index contributed by atoms with van der Waals surface area (Å²) >= 11 is 5.60. The molecular formula is C16H23ClO. The van der Waals surface area contributed by atoms with Gasteiger partial charge in [0, 0.05) is 17.9 Å². The van der Waals surface area contributed by atoms with Crippen molar-refractivity contribution >= 4 is 17.4 Å². The molecule has 1 rings (SSSR count). The van der Waals surface area contributed by atoms with Crippen LogP contribution >= 0.6 is 11.6 Å². The molecular weight excluding hydrogens is 244 g/mol. The monoisotopic (exact) mass is 266 g/mol. The van der Waals surface area contributed by atoms with Crippen molar-refractivity contribution in [1.29, 1.82) is 0 Å². The first-order chi connectivity index (χ1) is 8.77. The number of alkyl halides is 1. The molecule has 0 atom stereocenters. The minimum atomic E-state index is 0.236. The molecule has 0 bridgehead atoms. The molecule has 0 spiro atoms. The molecule has 0 fully saturated rings. The van der Waals surface area contributed by atoms with E-state index in [0.717, 1.165) is 24.8 Å². The highest BCUT2D eigenvalue weighted by atomic mass is 35.5. The molecule has 0 saturated heterocycles. The predicted octanol–water partition coefficient (Wildman–Crippen LogP) is 5.01. The molecule has 1 aromatic carbocycles. The van der Waals surface area contributed by atoms with Crippen LogP contribution in [0.5, 0.6) is 0 Å². The van der Waals surface area contributed by atoms with Gasteiger partial charge in [0.15, 0.2) is 5.78 Å². The Morgan fingerprint density at radius 2 is 1.78 bits per heavy atom. The molecule has 1 nitrogen and oxygen atoms in total. The van der Waals surface area contributed by atoms with Crippen molar-refractivity contribution in [1.82, 2.24) is 0 Å². The summed E-state index contributed by atoms with van der Waals surface area (Å²) in [7, 11) is 0. The van der Waals surface area contributed by atoms with E-state index in [1.165, 1.54) is 24.8 Å². The van der Waals surface area contributed by atoms with Crippen LogP contribution in [0.3, 0.4) is 0 Å². The van der Waals surface area contributed by atoms with Gasteiger partial charge in [0.1, 0.15) is 0 Å². The van der Waals surface area contributed by atoms with E-state index in [0.29, 0.717) is 12.3 Å². The summed E-state index contributed by atoms with van der Waals surface area (Å²) in [6, 6.07) is 8.10. The van der Waals surface area contributed by atoms with Crippen molar-refractivity contribution in [2.75, 3.05) is 5.88 Å². The number of unbranched alkanes of at least 4 members (excludes halogenated alkanes) is 3. The zero-order valence-electron chi connectivity index (χ0n) is 11.3. The summed E-state index contributed by atoms with van der Waals surface area (Å²) in [5, 5.41) is 0. The van der Waals surface area contributed by atoms with Crippen LogP contribution in [0.1, 0.15) is 61.4 Å². The minimum absolute atomic E-state index is 0.236. The molecule has 1 aromatic rings. The van der Waals surface area contributed by atoms with Gasteiger partial charge in [-0.1, -0.05) is 44.0 Å². The minimum Gasteiger partial charge on any atom is -0.294 e. The molecule has 2 heteroatoms. The SMILES string of the molecule is CCCCCc1ccc(C(=O)CCCCCl)cc1. The van der Waals surface area contributed by atoms with E-state index in [9.17, 15) is 4.79 Å². The molecule has 0 heterocycles. The Labute approximate surface area is 116 Å². The molecule has 100 valence electrons. The summed E-state index contributed by atoms with van der Waals surface area (Å²) in [5.74, 6) is 0.879. The molecule has 0 saturated carbocycles. The molecule has 0 aliphatic rings. The second-order valence-electron chi connectivity index (χ2n) is 4.72. The van der Waals surface area contributed by atoms with Gasteiger partial charge in [-0.3, -0.25) is 4.79 Å². The Morgan fingerprint density at radius 3 is 2.39 bits per heavy atom. The molecule has 0 aliphatic heterocycles. The normalized spacial score (nSPS) is 10.6. The predicted molar refractivity (Wildman–Crippen MR) is 78.6 cm³/mol. The average molecular weight is 267 g/mol. The topological polar surface area (TPSA) is 17.1 Å². The number of ketones is 1. The van der Waals surface area contributed by atoms with Crippen LogP contribution in [0, 0.1) is 0 Å². The number of halogens is 1. The highest BCUT2D eigenvalue weighted by molar-refractivity contribution is 6.17. The lowest BCUT2D eigenvalue weighted by molar-refractivity contribution is 0.0980. The number of carbonyl (C=O) groups excluding carboxylic acids is 1. The summed E-state index contributed by atoms with van der Waals surface area (Å²) < 4.78 is 0. The van der Waals surface area contributed by atoms with Gasteiger partial charge in [-0.15, -0.1) is 11.6 Å². The Hall–Kier alpha value is -0.820. The Morgan fingerprint density at radius 1 is 1.06 bits per heavy atom. The molecule has 0 aliphatic carbocycles. The number of Topliss-reactive ketones (excluding diaryl/α,β-unsaturated/α-hetero) is 1. The summed E-state index contributed by atoms with van der Waals surface area (Å²) in [6.45, 7) is 2.21. The first-order valence-corrected chi connectivity index (χ1v) is 7.49. The molecule has 0 radical (unpaired) electrons. The summed E-state index contributed by atoms with van der Waals surface area (Å²) in [6.07, 6.45) is 7.30. The van der Waals surface area contributed by atoms with Crippen LogP contribution in [0.25, 0.3) is 0 Å². The van der Waals surface area contributed by atoms with Crippen LogP contribution in [0.2, 0.25) is 0 Å². The van der Waals surface area contributed by atoms with Crippen LogP contribution in [-0.4, -0.2) is 11.7 Å². The van der Waals surface area contributed by atoms with Crippen molar-refractivity contribution in [3.8, 4) is 0 Å². The fourth-order valence-electron chi connectivity index (χ4n) is 1.96. The third kappa shape index (κ3) is 5.68. The molecule has 0 amide bonds. The van der Waals surface area contributed by atoms with Crippen molar-refractivity contribution in [2.45, 2.75) is 51.9 Å². The van der Waals surface area contributed by atoms with E-state index in [-0.39, 0.29) is 5.78 Å². The van der Waals surface area contributed by atoms with Gasteiger partial charge in [0.2, 0.25) is 0 Å². The van der Waals surface area contributed by atoms with Gasteiger partial charge in [0.05, 0.1) is 0 Å². The lowest BCUT2D eigenvalue weighted by Gasteiger charge is -2.03. The van der Waals surface area contributed by atoms with Crippen molar-refractivity contribution in [3.05, 3.63) is 35.4 Å². The third-order valence-electron chi connectivity index (χ3n) is 3.13. The number of rotatable bonds is 9. The maximum absolute atomic E-state index is 11.8. The van der Waals surface area contributed by atoms with Crippen LogP contribution in [-0.2, 0) is 6.42 Å². The van der Waals surface area contributed by atoms with Gasteiger partial charge in [-0.05, 0) is 31.2 Å². The number of hydrogen-bond acceptors (Lipinski definition) is 1. The maximum atomic E-state index is 11.8. The smallest absolute Gasteiger partial charge is 0.162 e. The highest BCUT2D eigenvalue weighted by Crippen LogP contribution is 2.12. The summed E-state index contributed by atoms with van der Waals surface area (Å²) in [5.41, 5.74) is 2.17. The fraction of sp³-hybridized carbons (Fsp3) is 0.562. The van der Waals surface area contributed by atoms with Gasteiger partial charge in [-0.2, -0.15) is 0 Å². The lowest BCUT2D eigenvalue weighted by Crippen LogP contribution is -1.99. The second-order valence-corrected chi connectivity index (χ2v) is 5.10. The van der Waals surface area contributed by atoms with Crippen LogP contribution in [0.15, 0.2) is 24.3 Å². The Kier molecular flexibility index (Phi) is 7.75. The van der Waals surface area contributed by atoms with Crippen molar-refractivity contribution in [3.63, 3.8) is 0 Å². The largest absolute Gasteiger partial charge is 0.294 e. The van der Waals surface area contributed by atoms with E-state index in [4.69, 9.17) is 11.6 Å². The van der Waals surface area contributed by atoms with Crippen LogP contribution in [0.4, 0.5) is 0 Å². The number of benzene rings is 1. The Balaban J connectivity index is 2.41. The average Bonchev–Trinajstić information content (AvgIpc) is 2.40. The fourth-order valence-corrected chi connectivity index (χ4v) is 2.15. The van der Waals surface area contributed by atoms with Crippen molar-refractivity contribution in [2.24, 2.45) is 0 Å². The number of carbonyl (C=O) groups is 1. The van der Waals surface area contributed by atoms with E-state index in [1.54, 1.807) is 0 Å². The molecule has 0 unspecified atom stereocenters. The first kappa shape index (κ1) is 15.2. The maximum Gasteiger partial charge on any atom is 0.162 e. The van der Waals surface area contributed by atoms with Gasteiger partial charge >= 0.3 is 0 Å². The third-order valence-corrected chi connectivity index (χ3v) is 3.40. The highest BCUT2D eigenvalue weighted by Gasteiger charge is 2.05. The van der Waals surface area contributed by atoms with E-state index in [2.05, 4.69) is 19.1 Å². The van der Waals surface area contributed by atoms with E-state index < -0.39 is 0 Å². The standard InChI is InChI=1S/C16H23ClO/c1-2-3-4-7-14-9-11-15(12-10-14)16(18)8-5-6-13-17/h9-12H,2-8,13H2,1H3. The van der Waals surface area contributed by atoms with Crippen molar-refractivity contribution < 1.29 is 4.79 Å². The zero-order valence-corrected chi connectivity index (χ0v) is 12.0. The lowest BCUT2D eigenvalue weighted by atomic mass is 10.0. The quantitative estimate of drug-likeness (QED) is 0.349. The molecule has 18 heavy (non-hydrogen) atoms. The number of aryl methyl sites for hydroxylation is 1. The zero-order chi connectivity index (χ0) is 13.2. The first-order valence-electron chi connectivity index (χ1n) is 6.96. The number of hydrogen-bond donors (Lipinski definition) is 0. The molecule has 0 N–H and O–H groups in total. The second kappa shape index (κ2) is 9.16. The summed E-state index contributed by atoms with van der Waals surface area (Å²) in [4.78, 5) is 11.8. The van der Waals surface area contributed by atoms with E-state index >= 15 is 0 Å². The van der Waals surface area contributed by atoms with Gasteiger partial charge in [-0.25, -0.2) is 0 Å². The van der Waals surface area contributed by atoms with Crippen LogP contribution < -0.4 is 0 Å². The van der Waals surface area contributed by atoms with E-state index in [1.807, 2.05) is 12.1 Å². The van der Waals surface area contributed by atoms with Gasteiger partial charge in [0.25, 0.3) is 0 Å². The van der Waals surface area contributed by atoms with Gasteiger partial charge < -0.3 is 0 Å². The molecule has 0 aromatic heterocycles.